The molecule has 3 atom stereocenters. The Morgan fingerprint density at radius 1 is 0.851 bits per heavy atom. The maximum atomic E-state index is 13.5. The van der Waals surface area contributed by atoms with E-state index < -0.39 is 80.3 Å². The predicted octanol–water partition coefficient (Wildman–Crippen LogP) is -3.39. The second-order valence-electron chi connectivity index (χ2n) is 11.0. The summed E-state index contributed by atoms with van der Waals surface area (Å²) in [5.74, 6) is -7.22. The third kappa shape index (κ3) is 7.33. The molecule has 0 radical (unpaired) electrons. The monoisotopic (exact) mass is 650 g/mol. The molecule has 47 heavy (non-hydrogen) atoms. The summed E-state index contributed by atoms with van der Waals surface area (Å²) >= 11 is 0. The lowest BCUT2D eigenvalue weighted by Gasteiger charge is -2.27. The van der Waals surface area contributed by atoms with Crippen molar-refractivity contribution < 1.29 is 62.9 Å². The molecule has 5 amide bonds. The first-order valence-electron chi connectivity index (χ1n) is 14.4. The van der Waals surface area contributed by atoms with Gasteiger partial charge >= 0.3 is 26.2 Å². The number of fused-ring (bicyclic) bond motifs is 2. The fourth-order valence-electron chi connectivity index (χ4n) is 5.15. The number of imide groups is 1. The summed E-state index contributed by atoms with van der Waals surface area (Å²) in [4.78, 5) is 92.7. The van der Waals surface area contributed by atoms with Crippen LogP contribution in [0.1, 0.15) is 58.0 Å². The van der Waals surface area contributed by atoms with Crippen molar-refractivity contribution in [3.63, 3.8) is 0 Å². The van der Waals surface area contributed by atoms with E-state index in [1.165, 1.54) is 31.2 Å². The van der Waals surface area contributed by atoms with Crippen LogP contribution in [0.25, 0.3) is 0 Å². The Labute approximate surface area is 266 Å². The third-order valence-electron chi connectivity index (χ3n) is 7.75. The molecule has 0 aliphatic carbocycles. The fourth-order valence-corrected chi connectivity index (χ4v) is 5.15. The van der Waals surface area contributed by atoms with Crippen molar-refractivity contribution in [2.45, 2.75) is 57.5 Å². The highest BCUT2D eigenvalue weighted by Crippen LogP contribution is 2.15. The molecule has 3 aliphatic heterocycles. The van der Waals surface area contributed by atoms with Gasteiger partial charge in [-0.25, -0.2) is 9.59 Å². The van der Waals surface area contributed by atoms with Gasteiger partial charge in [-0.1, -0.05) is 12.1 Å². The topological polar surface area (TPSA) is 247 Å². The molecule has 0 unspecified atom stereocenters. The number of benzene rings is 2. The van der Waals surface area contributed by atoms with E-state index in [0.717, 1.165) is 0 Å². The van der Waals surface area contributed by atoms with E-state index in [2.05, 4.69) is 16.0 Å². The summed E-state index contributed by atoms with van der Waals surface area (Å²) in [5, 5.41) is 37.2. The number of carboxylic acid groups (broad SMARTS) is 1. The molecule has 3 heterocycles. The van der Waals surface area contributed by atoms with E-state index in [9.17, 15) is 48.7 Å². The number of nitrogens with one attached hydrogen (secondary N) is 3. The van der Waals surface area contributed by atoms with E-state index in [4.69, 9.17) is 14.1 Å². The number of aliphatic carboxylic acids is 1. The Bertz CT molecular complexity index is 1650. The van der Waals surface area contributed by atoms with Gasteiger partial charge in [0, 0.05) is 24.0 Å². The van der Waals surface area contributed by atoms with Crippen molar-refractivity contribution in [3.05, 3.63) is 58.7 Å². The molecule has 0 saturated carbocycles. The van der Waals surface area contributed by atoms with Crippen LogP contribution in [0.5, 0.6) is 0 Å². The molecule has 0 aromatic heterocycles. The zero-order valence-electron chi connectivity index (χ0n) is 24.8. The van der Waals surface area contributed by atoms with Crippen LogP contribution in [0.2, 0.25) is 0 Å². The van der Waals surface area contributed by atoms with Crippen molar-refractivity contribution in [1.82, 2.24) is 21.0 Å². The van der Waals surface area contributed by atoms with Crippen LogP contribution in [0.3, 0.4) is 0 Å². The molecular weight excluding hydrogens is 622 g/mol. The summed E-state index contributed by atoms with van der Waals surface area (Å²) in [6.07, 6.45) is -1.37. The van der Waals surface area contributed by atoms with Crippen molar-refractivity contribution in [3.8, 4) is 0 Å². The number of carbonyl (C=O) groups excluding carboxylic acids is 6. The Hall–Kier alpha value is -5.10. The SMILES string of the molecule is C[C@H](NC(=O)c1ccc2c(c1)B(O)OC2)[C@H](NC(=O)c1ccc2c(c1)B(O)OC2)C(=O)N[C@@H](CC(=O)ON1C(=O)CCC1=O)C(=O)O. The minimum Gasteiger partial charge on any atom is -0.480 e. The Morgan fingerprint density at radius 2 is 1.36 bits per heavy atom. The number of hydroxylamine groups is 2. The molecular formula is C28H28B2N4O13. The molecule has 5 rings (SSSR count). The molecule has 2 aromatic rings. The predicted molar refractivity (Wildman–Crippen MR) is 157 cm³/mol. The van der Waals surface area contributed by atoms with Crippen LogP contribution in [0, 0.1) is 0 Å². The Morgan fingerprint density at radius 3 is 1.87 bits per heavy atom. The third-order valence-corrected chi connectivity index (χ3v) is 7.75. The van der Waals surface area contributed by atoms with Crippen LogP contribution < -0.4 is 26.9 Å². The number of amides is 5. The first-order valence-corrected chi connectivity index (χ1v) is 14.4. The van der Waals surface area contributed by atoms with Crippen LogP contribution in [-0.4, -0.2) is 94.1 Å². The minimum atomic E-state index is -1.93. The highest BCUT2D eigenvalue weighted by Gasteiger charge is 2.37. The van der Waals surface area contributed by atoms with Crippen molar-refractivity contribution in [2.24, 2.45) is 0 Å². The van der Waals surface area contributed by atoms with Gasteiger partial charge < -0.3 is 45.3 Å². The van der Waals surface area contributed by atoms with Crippen LogP contribution in [-0.2, 0) is 51.3 Å². The number of hydrogen-bond acceptors (Lipinski definition) is 12. The van der Waals surface area contributed by atoms with Crippen LogP contribution >= 0.6 is 0 Å². The molecule has 2 aromatic carbocycles. The van der Waals surface area contributed by atoms with Gasteiger partial charge in [-0.05, 0) is 53.2 Å². The summed E-state index contributed by atoms with van der Waals surface area (Å²) in [7, 11) is -2.50. The van der Waals surface area contributed by atoms with Gasteiger partial charge in [-0.3, -0.25) is 24.0 Å². The largest absolute Gasteiger partial charge is 0.491 e. The maximum absolute atomic E-state index is 13.5. The highest BCUT2D eigenvalue weighted by atomic mass is 16.7. The zero-order valence-corrected chi connectivity index (χ0v) is 24.8. The molecule has 1 fully saturated rings. The first-order chi connectivity index (χ1) is 22.3. The average Bonchev–Trinajstić information content (AvgIpc) is 3.70. The van der Waals surface area contributed by atoms with Gasteiger partial charge in [0.2, 0.25) is 5.91 Å². The Balaban J connectivity index is 1.34. The van der Waals surface area contributed by atoms with Crippen LogP contribution in [0.4, 0.5) is 0 Å². The minimum absolute atomic E-state index is 0.00976. The second kappa shape index (κ2) is 13.7. The summed E-state index contributed by atoms with van der Waals surface area (Å²) in [5.41, 5.74) is 2.13. The van der Waals surface area contributed by atoms with Gasteiger partial charge in [-0.15, -0.1) is 5.06 Å². The first kappa shape index (κ1) is 33.3. The van der Waals surface area contributed by atoms with Crippen molar-refractivity contribution >= 4 is 66.6 Å². The second-order valence-corrected chi connectivity index (χ2v) is 11.0. The van der Waals surface area contributed by atoms with Crippen molar-refractivity contribution in [2.75, 3.05) is 0 Å². The van der Waals surface area contributed by atoms with Gasteiger partial charge in [0.1, 0.15) is 12.1 Å². The van der Waals surface area contributed by atoms with E-state index in [1.54, 1.807) is 12.1 Å². The van der Waals surface area contributed by atoms with E-state index in [1.807, 2.05) is 0 Å². The molecule has 19 heteroatoms. The number of carbonyl (C=O) groups is 7. The van der Waals surface area contributed by atoms with Gasteiger partial charge in [0.15, 0.2) is 0 Å². The molecule has 0 spiro atoms. The van der Waals surface area contributed by atoms with E-state index >= 15 is 0 Å². The van der Waals surface area contributed by atoms with Crippen molar-refractivity contribution in [1.29, 1.82) is 0 Å². The smallest absolute Gasteiger partial charge is 0.480 e. The maximum Gasteiger partial charge on any atom is 0.491 e. The molecule has 6 N–H and O–H groups in total. The normalized spacial score (nSPS) is 17.0. The fraction of sp³-hybridized carbons (Fsp3) is 0.321. The van der Waals surface area contributed by atoms with Crippen LogP contribution in [0.15, 0.2) is 36.4 Å². The van der Waals surface area contributed by atoms with Gasteiger partial charge in [0.05, 0.1) is 25.7 Å². The van der Waals surface area contributed by atoms with E-state index in [0.29, 0.717) is 22.1 Å². The number of carboxylic acids is 1. The van der Waals surface area contributed by atoms with E-state index in [-0.39, 0.29) is 42.2 Å². The zero-order chi connectivity index (χ0) is 34.0. The summed E-state index contributed by atoms with van der Waals surface area (Å²) in [6.45, 7) is 1.64. The standard InChI is InChI=1S/C28H28B2N4O13/c1-13(31-25(38)14-2-4-16-11-45-29(43)18(16)8-14)24(33-26(39)15-3-5-17-12-46-30(44)19(17)9-15)27(40)32-20(28(41)42)10-23(37)47-34-21(35)6-7-22(34)36/h2-5,8-9,13,20,24,43-44H,6-7,10-12H2,1H3,(H,31,38)(H,32,40)(H,33,39)(H,41,42)/t13-,20-,24-/m0/s1. The number of hydrogen-bond donors (Lipinski definition) is 6. The highest BCUT2D eigenvalue weighted by molar-refractivity contribution is 6.62. The molecule has 0 bridgehead atoms. The summed E-state index contributed by atoms with van der Waals surface area (Å²) < 4.78 is 10.3. The molecule has 244 valence electrons. The lowest BCUT2D eigenvalue weighted by Crippen LogP contribution is -2.60. The molecule has 1 saturated heterocycles. The molecule has 3 aliphatic rings. The number of rotatable bonds is 11. The van der Waals surface area contributed by atoms with Gasteiger partial charge in [0.25, 0.3) is 23.6 Å². The number of nitrogens with zero attached hydrogens (tertiary/aromatic N) is 1. The summed E-state index contributed by atoms with van der Waals surface area (Å²) in [6, 6.07) is 4.01. The van der Waals surface area contributed by atoms with Gasteiger partial charge in [-0.2, -0.15) is 0 Å². The Kier molecular flexibility index (Phi) is 9.71. The lowest BCUT2D eigenvalue weighted by molar-refractivity contribution is -0.198. The molecule has 17 nitrogen and oxygen atoms in total. The lowest BCUT2D eigenvalue weighted by atomic mass is 9.78. The quantitative estimate of drug-likeness (QED) is 0.103. The average molecular weight is 650 g/mol.